The molecular formula is C6H5Cl2N. The Morgan fingerprint density at radius 1 is 1.11 bits per heavy atom. The lowest BCUT2D eigenvalue weighted by Crippen LogP contribution is -1.76. The van der Waals surface area contributed by atoms with Crippen molar-refractivity contribution in [1.82, 2.24) is 0 Å². The first-order chi connectivity index (χ1) is 4.33. The molecule has 9 heavy (non-hydrogen) atoms. The van der Waals surface area contributed by atoms with E-state index in [9.17, 15) is 0 Å². The highest BCUT2D eigenvalue weighted by atomic mass is 35.5. The van der Waals surface area contributed by atoms with Crippen molar-refractivity contribution in [3.05, 3.63) is 29.3 Å². The first-order valence-electron chi connectivity index (χ1n) is 2.45. The van der Waals surface area contributed by atoms with Gasteiger partial charge in [-0.1, -0.05) is 11.6 Å². The molecule has 0 aliphatic rings. The Labute approximate surface area is 63.7 Å². The van der Waals surface area contributed by atoms with E-state index in [0.29, 0.717) is 5.02 Å². The Bertz CT molecular complexity index is 183. The molecule has 0 heterocycles. The van der Waals surface area contributed by atoms with Crippen molar-refractivity contribution < 1.29 is 0 Å². The molecule has 0 saturated carbocycles. The van der Waals surface area contributed by atoms with E-state index in [1.54, 1.807) is 24.3 Å². The Kier molecular flexibility index (Phi) is 2.20. The molecule has 48 valence electrons. The van der Waals surface area contributed by atoms with Crippen molar-refractivity contribution in [1.29, 1.82) is 0 Å². The molecular weight excluding hydrogens is 157 g/mol. The van der Waals surface area contributed by atoms with E-state index in [4.69, 9.17) is 23.4 Å². The van der Waals surface area contributed by atoms with Gasteiger partial charge in [0.1, 0.15) is 0 Å². The van der Waals surface area contributed by atoms with Crippen LogP contribution < -0.4 is 4.84 Å². The highest BCUT2D eigenvalue weighted by Gasteiger charge is 1.86. The predicted octanol–water partition coefficient (Wildman–Crippen LogP) is 2.91. The third-order valence-corrected chi connectivity index (χ3v) is 1.42. The van der Waals surface area contributed by atoms with Crippen LogP contribution >= 0.6 is 23.4 Å². The van der Waals surface area contributed by atoms with Gasteiger partial charge in [0, 0.05) is 22.5 Å². The molecule has 1 N–H and O–H groups in total. The average molecular weight is 162 g/mol. The fourth-order valence-corrected chi connectivity index (χ4v) is 0.765. The zero-order valence-electron chi connectivity index (χ0n) is 4.57. The second kappa shape index (κ2) is 2.95. The van der Waals surface area contributed by atoms with E-state index in [1.165, 1.54) is 0 Å². The summed E-state index contributed by atoms with van der Waals surface area (Å²) in [6, 6.07) is 7.14. The molecule has 1 nitrogen and oxygen atoms in total. The molecule has 1 rings (SSSR count). The second-order valence-corrected chi connectivity index (χ2v) is 2.23. The fraction of sp³-hybridized carbons (Fsp3) is 0. The predicted molar refractivity (Wildman–Crippen MR) is 40.9 cm³/mol. The minimum Gasteiger partial charge on any atom is -0.299 e. The van der Waals surface area contributed by atoms with Crippen molar-refractivity contribution in [2.75, 3.05) is 4.84 Å². The molecule has 0 saturated heterocycles. The lowest BCUT2D eigenvalue weighted by Gasteiger charge is -1.94. The maximum atomic E-state index is 5.60. The molecule has 0 bridgehead atoms. The number of hydrogen-bond donors (Lipinski definition) is 1. The fourth-order valence-electron chi connectivity index (χ4n) is 0.513. The normalized spacial score (nSPS) is 9.11. The Morgan fingerprint density at radius 2 is 1.67 bits per heavy atom. The van der Waals surface area contributed by atoms with Crippen molar-refractivity contribution in [2.45, 2.75) is 0 Å². The highest BCUT2D eigenvalue weighted by molar-refractivity contribution is 6.30. The molecule has 1 aromatic rings. The van der Waals surface area contributed by atoms with E-state index in [1.807, 2.05) is 0 Å². The summed E-state index contributed by atoms with van der Waals surface area (Å²) in [5, 5.41) is 0.714. The largest absolute Gasteiger partial charge is 0.299 e. The van der Waals surface area contributed by atoms with Crippen molar-refractivity contribution in [3.8, 4) is 0 Å². The molecule has 0 fully saturated rings. The lowest BCUT2D eigenvalue weighted by atomic mass is 10.3. The van der Waals surface area contributed by atoms with Gasteiger partial charge in [0.05, 0.1) is 0 Å². The van der Waals surface area contributed by atoms with E-state index in [-0.39, 0.29) is 0 Å². The van der Waals surface area contributed by atoms with Crippen LogP contribution in [0, 0.1) is 0 Å². The van der Waals surface area contributed by atoms with Crippen LogP contribution in [0.2, 0.25) is 5.02 Å². The molecule has 0 aliphatic carbocycles. The highest BCUT2D eigenvalue weighted by Crippen LogP contribution is 2.13. The van der Waals surface area contributed by atoms with Crippen molar-refractivity contribution in [3.63, 3.8) is 0 Å². The van der Waals surface area contributed by atoms with Crippen molar-refractivity contribution in [2.24, 2.45) is 0 Å². The van der Waals surface area contributed by atoms with Gasteiger partial charge in [-0.3, -0.25) is 4.84 Å². The van der Waals surface area contributed by atoms with Gasteiger partial charge in [-0.2, -0.15) is 0 Å². The van der Waals surface area contributed by atoms with Crippen LogP contribution in [0.15, 0.2) is 24.3 Å². The SMILES string of the molecule is ClNc1ccc(Cl)cc1. The summed E-state index contributed by atoms with van der Waals surface area (Å²) in [5.41, 5.74) is 0.848. The van der Waals surface area contributed by atoms with Gasteiger partial charge in [0.2, 0.25) is 0 Å². The van der Waals surface area contributed by atoms with Gasteiger partial charge in [0.25, 0.3) is 0 Å². The Hall–Kier alpha value is -0.400. The maximum absolute atomic E-state index is 5.60. The molecule has 0 amide bonds. The second-order valence-electron chi connectivity index (χ2n) is 1.60. The van der Waals surface area contributed by atoms with Gasteiger partial charge in [-0.05, 0) is 24.3 Å². The van der Waals surface area contributed by atoms with Gasteiger partial charge < -0.3 is 0 Å². The van der Waals surface area contributed by atoms with Gasteiger partial charge in [-0.15, -0.1) is 0 Å². The first-order valence-corrected chi connectivity index (χ1v) is 3.21. The topological polar surface area (TPSA) is 12.0 Å². The third-order valence-electron chi connectivity index (χ3n) is 0.953. The van der Waals surface area contributed by atoms with Crippen LogP contribution in [0.25, 0.3) is 0 Å². The summed E-state index contributed by atoms with van der Waals surface area (Å²) in [6.45, 7) is 0. The minimum atomic E-state index is 0.714. The summed E-state index contributed by atoms with van der Waals surface area (Å²) in [6.07, 6.45) is 0. The van der Waals surface area contributed by atoms with Crippen LogP contribution in [-0.2, 0) is 0 Å². The zero-order chi connectivity index (χ0) is 6.69. The quantitative estimate of drug-likeness (QED) is 0.626. The molecule has 3 heteroatoms. The summed E-state index contributed by atoms with van der Waals surface area (Å²) in [7, 11) is 0. The summed E-state index contributed by atoms with van der Waals surface area (Å²) in [5.74, 6) is 0. The van der Waals surface area contributed by atoms with Crippen LogP contribution in [0.1, 0.15) is 0 Å². The third kappa shape index (κ3) is 1.77. The maximum Gasteiger partial charge on any atom is 0.0492 e. The molecule has 0 radical (unpaired) electrons. The summed E-state index contributed by atoms with van der Waals surface area (Å²) in [4.78, 5) is 2.47. The van der Waals surface area contributed by atoms with E-state index in [2.05, 4.69) is 4.84 Å². The van der Waals surface area contributed by atoms with Crippen LogP contribution in [-0.4, -0.2) is 0 Å². The minimum absolute atomic E-state index is 0.714. The average Bonchev–Trinajstić information content (AvgIpc) is 1.90. The number of hydrogen-bond acceptors (Lipinski definition) is 1. The first kappa shape index (κ1) is 6.72. The van der Waals surface area contributed by atoms with Crippen LogP contribution in [0.4, 0.5) is 5.69 Å². The number of benzene rings is 1. The van der Waals surface area contributed by atoms with E-state index in [0.717, 1.165) is 5.69 Å². The van der Waals surface area contributed by atoms with E-state index >= 15 is 0 Å². The zero-order valence-corrected chi connectivity index (χ0v) is 6.08. The van der Waals surface area contributed by atoms with Gasteiger partial charge in [0.15, 0.2) is 0 Å². The van der Waals surface area contributed by atoms with Crippen molar-refractivity contribution >= 4 is 29.1 Å². The van der Waals surface area contributed by atoms with Gasteiger partial charge in [-0.25, -0.2) is 0 Å². The van der Waals surface area contributed by atoms with E-state index < -0.39 is 0 Å². The Balaban J connectivity index is 2.88. The monoisotopic (exact) mass is 161 g/mol. The molecule has 0 aliphatic heterocycles. The standard InChI is InChI=1S/C6H5Cl2N/c7-5-1-3-6(9-8)4-2-5/h1-4,9H. The molecule has 0 aromatic heterocycles. The molecule has 0 unspecified atom stereocenters. The summed E-state index contributed by atoms with van der Waals surface area (Å²) >= 11 is 10.9. The number of rotatable bonds is 1. The van der Waals surface area contributed by atoms with Crippen LogP contribution in [0.3, 0.4) is 0 Å². The van der Waals surface area contributed by atoms with Crippen LogP contribution in [0.5, 0.6) is 0 Å². The molecule has 1 aromatic carbocycles. The number of nitrogens with one attached hydrogen (secondary N) is 1. The smallest absolute Gasteiger partial charge is 0.0492 e. The molecule has 0 atom stereocenters. The Morgan fingerprint density at radius 3 is 2.11 bits per heavy atom. The number of halogens is 2. The number of anilines is 1. The summed E-state index contributed by atoms with van der Waals surface area (Å²) < 4.78 is 0. The lowest BCUT2D eigenvalue weighted by molar-refractivity contribution is 1.68. The molecule has 0 spiro atoms. The van der Waals surface area contributed by atoms with Gasteiger partial charge >= 0.3 is 0 Å².